The fourth-order valence-electron chi connectivity index (χ4n) is 1.70. The monoisotopic (exact) mass is 338 g/mol. The van der Waals surface area contributed by atoms with Gasteiger partial charge in [0.05, 0.1) is 14.2 Å². The van der Waals surface area contributed by atoms with Crippen molar-refractivity contribution in [1.29, 1.82) is 0 Å². The van der Waals surface area contributed by atoms with Gasteiger partial charge in [-0.2, -0.15) is 0 Å². The van der Waals surface area contributed by atoms with Gasteiger partial charge < -0.3 is 19.5 Å². The number of methoxy groups -OCH3 is 2. The topological polar surface area (TPSA) is 103 Å². The number of nitrogens with one attached hydrogen (secondary N) is 2. The first-order chi connectivity index (χ1) is 11.4. The van der Waals surface area contributed by atoms with Crippen molar-refractivity contribution < 1.29 is 28.6 Å². The Balaban J connectivity index is 2.57. The standard InChI is InChI=1S/C16H22N2O6/c1-5-10(2)17-16(21)18-14(19)9-24-15(20)12-7-6-11(22-3)8-13(12)23-4/h6-8,10H,5,9H2,1-4H3,(H2,17,18,19,21)/t10-/m1/s1. The summed E-state index contributed by atoms with van der Waals surface area (Å²) in [6.07, 6.45) is 0.730. The van der Waals surface area contributed by atoms with Gasteiger partial charge in [0.2, 0.25) is 0 Å². The van der Waals surface area contributed by atoms with E-state index in [9.17, 15) is 14.4 Å². The molecule has 1 atom stereocenters. The van der Waals surface area contributed by atoms with E-state index in [2.05, 4.69) is 10.6 Å². The molecule has 24 heavy (non-hydrogen) atoms. The summed E-state index contributed by atoms with van der Waals surface area (Å²) in [5.41, 5.74) is 0.148. The summed E-state index contributed by atoms with van der Waals surface area (Å²) in [6, 6.07) is 3.86. The van der Waals surface area contributed by atoms with Crippen LogP contribution >= 0.6 is 0 Å². The highest BCUT2D eigenvalue weighted by Crippen LogP contribution is 2.25. The summed E-state index contributed by atoms with van der Waals surface area (Å²) in [6.45, 7) is 3.12. The molecule has 0 aliphatic carbocycles. The minimum absolute atomic E-state index is 0.0658. The molecule has 0 bridgehead atoms. The second-order valence-corrected chi connectivity index (χ2v) is 4.97. The lowest BCUT2D eigenvalue weighted by molar-refractivity contribution is -0.123. The zero-order valence-corrected chi connectivity index (χ0v) is 14.2. The lowest BCUT2D eigenvalue weighted by Gasteiger charge is -2.12. The zero-order valence-electron chi connectivity index (χ0n) is 14.2. The van der Waals surface area contributed by atoms with Gasteiger partial charge >= 0.3 is 12.0 Å². The zero-order chi connectivity index (χ0) is 18.1. The first-order valence-electron chi connectivity index (χ1n) is 7.40. The van der Waals surface area contributed by atoms with E-state index in [1.165, 1.54) is 26.4 Å². The number of carbonyl (C=O) groups excluding carboxylic acids is 3. The molecule has 0 aliphatic rings. The quantitative estimate of drug-likeness (QED) is 0.730. The fourth-order valence-corrected chi connectivity index (χ4v) is 1.70. The molecule has 0 heterocycles. The van der Waals surface area contributed by atoms with Crippen molar-refractivity contribution in [2.45, 2.75) is 26.3 Å². The Morgan fingerprint density at radius 3 is 2.46 bits per heavy atom. The third kappa shape index (κ3) is 5.79. The van der Waals surface area contributed by atoms with Crippen LogP contribution in [0.4, 0.5) is 4.79 Å². The lowest BCUT2D eigenvalue weighted by Crippen LogP contribution is -2.44. The molecule has 0 fully saturated rings. The van der Waals surface area contributed by atoms with Crippen molar-refractivity contribution in [3.05, 3.63) is 23.8 Å². The Hall–Kier alpha value is -2.77. The Morgan fingerprint density at radius 2 is 1.88 bits per heavy atom. The van der Waals surface area contributed by atoms with Crippen LogP contribution in [0.2, 0.25) is 0 Å². The average molecular weight is 338 g/mol. The number of ether oxygens (including phenoxy) is 3. The Bertz CT molecular complexity index is 602. The van der Waals surface area contributed by atoms with E-state index in [0.717, 1.165) is 6.42 Å². The van der Waals surface area contributed by atoms with Gasteiger partial charge in [-0.25, -0.2) is 9.59 Å². The van der Waals surface area contributed by atoms with Crippen LogP contribution in [0.5, 0.6) is 11.5 Å². The highest BCUT2D eigenvalue weighted by molar-refractivity contribution is 5.97. The minimum Gasteiger partial charge on any atom is -0.497 e. The molecule has 8 heteroatoms. The van der Waals surface area contributed by atoms with E-state index in [-0.39, 0.29) is 17.4 Å². The van der Waals surface area contributed by atoms with Crippen LogP contribution in [0.15, 0.2) is 18.2 Å². The molecule has 0 saturated carbocycles. The molecular formula is C16H22N2O6. The number of amides is 3. The van der Waals surface area contributed by atoms with Crippen LogP contribution in [0.25, 0.3) is 0 Å². The summed E-state index contributed by atoms with van der Waals surface area (Å²) in [7, 11) is 2.89. The smallest absolute Gasteiger partial charge is 0.342 e. The lowest BCUT2D eigenvalue weighted by atomic mass is 10.2. The van der Waals surface area contributed by atoms with E-state index in [1.807, 2.05) is 6.92 Å². The molecule has 0 unspecified atom stereocenters. The number of rotatable bonds is 7. The summed E-state index contributed by atoms with van der Waals surface area (Å²) in [4.78, 5) is 35.1. The van der Waals surface area contributed by atoms with E-state index >= 15 is 0 Å². The van der Waals surface area contributed by atoms with Gasteiger partial charge in [0.1, 0.15) is 17.1 Å². The minimum atomic E-state index is -0.744. The predicted octanol–water partition coefficient (Wildman–Crippen LogP) is 1.48. The maximum Gasteiger partial charge on any atom is 0.342 e. The highest BCUT2D eigenvalue weighted by Gasteiger charge is 2.17. The van der Waals surface area contributed by atoms with Gasteiger partial charge in [-0.1, -0.05) is 6.92 Å². The molecule has 1 rings (SSSR count). The Morgan fingerprint density at radius 1 is 1.17 bits per heavy atom. The van der Waals surface area contributed by atoms with Crippen LogP contribution in [0.3, 0.4) is 0 Å². The number of urea groups is 1. The number of hydrogen-bond donors (Lipinski definition) is 2. The van der Waals surface area contributed by atoms with Crippen molar-refractivity contribution in [3.63, 3.8) is 0 Å². The van der Waals surface area contributed by atoms with Crippen LogP contribution in [0, 0.1) is 0 Å². The van der Waals surface area contributed by atoms with E-state index in [4.69, 9.17) is 14.2 Å². The van der Waals surface area contributed by atoms with Gasteiger partial charge in [0, 0.05) is 12.1 Å². The van der Waals surface area contributed by atoms with Gasteiger partial charge in [-0.15, -0.1) is 0 Å². The second kappa shape index (κ2) is 9.39. The van der Waals surface area contributed by atoms with Gasteiger partial charge in [-0.3, -0.25) is 10.1 Å². The molecule has 0 aromatic heterocycles. The van der Waals surface area contributed by atoms with E-state index in [1.54, 1.807) is 13.0 Å². The Kier molecular flexibility index (Phi) is 7.54. The van der Waals surface area contributed by atoms with Gasteiger partial charge in [0.25, 0.3) is 5.91 Å². The number of imide groups is 1. The average Bonchev–Trinajstić information content (AvgIpc) is 2.58. The Labute approximate surface area is 140 Å². The number of hydrogen-bond acceptors (Lipinski definition) is 6. The molecular weight excluding hydrogens is 316 g/mol. The number of carbonyl (C=O) groups is 3. The normalized spacial score (nSPS) is 11.2. The largest absolute Gasteiger partial charge is 0.497 e. The van der Waals surface area contributed by atoms with Crippen molar-refractivity contribution in [2.24, 2.45) is 0 Å². The molecule has 132 valence electrons. The first-order valence-corrected chi connectivity index (χ1v) is 7.40. The van der Waals surface area contributed by atoms with Crippen LogP contribution in [-0.4, -0.2) is 44.8 Å². The molecule has 3 amide bonds. The molecule has 2 N–H and O–H groups in total. The molecule has 1 aromatic rings. The second-order valence-electron chi connectivity index (χ2n) is 4.97. The molecule has 8 nitrogen and oxygen atoms in total. The summed E-state index contributed by atoms with van der Waals surface area (Å²) in [5, 5.41) is 4.65. The first kappa shape index (κ1) is 19.3. The summed E-state index contributed by atoms with van der Waals surface area (Å²) >= 11 is 0. The van der Waals surface area contributed by atoms with Crippen molar-refractivity contribution in [2.75, 3.05) is 20.8 Å². The van der Waals surface area contributed by atoms with Crippen LogP contribution in [-0.2, 0) is 9.53 Å². The third-order valence-electron chi connectivity index (χ3n) is 3.21. The van der Waals surface area contributed by atoms with Crippen LogP contribution in [0.1, 0.15) is 30.6 Å². The summed E-state index contributed by atoms with van der Waals surface area (Å²) in [5.74, 6) is -0.694. The molecule has 0 saturated heterocycles. The molecule has 1 aromatic carbocycles. The predicted molar refractivity (Wildman–Crippen MR) is 86.3 cm³/mol. The third-order valence-corrected chi connectivity index (χ3v) is 3.21. The maximum atomic E-state index is 12.0. The molecule has 0 aliphatic heterocycles. The van der Waals surface area contributed by atoms with Crippen molar-refractivity contribution in [3.8, 4) is 11.5 Å². The van der Waals surface area contributed by atoms with Crippen molar-refractivity contribution >= 4 is 17.9 Å². The van der Waals surface area contributed by atoms with Gasteiger partial charge in [0.15, 0.2) is 6.61 Å². The molecule has 0 spiro atoms. The maximum absolute atomic E-state index is 12.0. The fraction of sp³-hybridized carbons (Fsp3) is 0.438. The highest BCUT2D eigenvalue weighted by atomic mass is 16.5. The van der Waals surface area contributed by atoms with Gasteiger partial charge in [-0.05, 0) is 25.5 Å². The summed E-state index contributed by atoms with van der Waals surface area (Å²) < 4.78 is 15.0. The molecule has 0 radical (unpaired) electrons. The van der Waals surface area contributed by atoms with E-state index < -0.39 is 24.5 Å². The SMILES string of the molecule is CC[C@@H](C)NC(=O)NC(=O)COC(=O)c1ccc(OC)cc1OC. The van der Waals surface area contributed by atoms with E-state index in [0.29, 0.717) is 5.75 Å². The van der Waals surface area contributed by atoms with Crippen molar-refractivity contribution in [1.82, 2.24) is 10.6 Å². The number of esters is 1. The number of benzene rings is 1. The van der Waals surface area contributed by atoms with Crippen LogP contribution < -0.4 is 20.1 Å².